The van der Waals surface area contributed by atoms with E-state index < -0.39 is 0 Å². The lowest BCUT2D eigenvalue weighted by Gasteiger charge is -2.40. The van der Waals surface area contributed by atoms with Gasteiger partial charge in [0, 0.05) is 37.9 Å². The number of rotatable bonds is 4. The van der Waals surface area contributed by atoms with Gasteiger partial charge in [0.05, 0.1) is 11.4 Å². The first-order chi connectivity index (χ1) is 15.0. The number of nitrogens with zero attached hydrogens (tertiary/aromatic N) is 5. The molecular weight excluding hydrogens is 389 g/mol. The Morgan fingerprint density at radius 1 is 1.29 bits per heavy atom. The van der Waals surface area contributed by atoms with E-state index in [1.54, 1.807) is 12.3 Å². The molecule has 31 heavy (non-hydrogen) atoms. The quantitative estimate of drug-likeness (QED) is 0.720. The maximum atomic E-state index is 14.3. The summed E-state index contributed by atoms with van der Waals surface area (Å²) in [6.07, 6.45) is 7.90. The van der Waals surface area contributed by atoms with E-state index in [4.69, 9.17) is 4.99 Å². The van der Waals surface area contributed by atoms with Gasteiger partial charge in [0.25, 0.3) is 0 Å². The highest BCUT2D eigenvalue weighted by Gasteiger charge is 2.29. The second kappa shape index (κ2) is 8.84. The Morgan fingerprint density at radius 3 is 2.84 bits per heavy atom. The summed E-state index contributed by atoms with van der Waals surface area (Å²) in [5.74, 6) is 0.936. The minimum absolute atomic E-state index is 0.152. The second-order valence-electron chi connectivity index (χ2n) is 8.06. The zero-order chi connectivity index (χ0) is 22.0. The van der Waals surface area contributed by atoms with Crippen LogP contribution in [-0.4, -0.2) is 45.9 Å². The maximum absolute atomic E-state index is 14.3. The van der Waals surface area contributed by atoms with Crippen molar-refractivity contribution in [2.45, 2.75) is 26.2 Å². The molecule has 0 radical (unpaired) electrons. The van der Waals surface area contributed by atoms with Gasteiger partial charge in [-0.15, -0.1) is 0 Å². The summed E-state index contributed by atoms with van der Waals surface area (Å²) < 4.78 is 14.3. The van der Waals surface area contributed by atoms with Gasteiger partial charge in [-0.3, -0.25) is 0 Å². The van der Waals surface area contributed by atoms with Crippen LogP contribution in [0, 0.1) is 11.7 Å². The largest absolute Gasteiger partial charge is 0.342 e. The van der Waals surface area contributed by atoms with Crippen molar-refractivity contribution in [2.24, 2.45) is 10.9 Å². The molecule has 5 nitrogen and oxygen atoms in total. The summed E-state index contributed by atoms with van der Waals surface area (Å²) >= 11 is 0. The van der Waals surface area contributed by atoms with E-state index in [1.165, 1.54) is 6.33 Å². The van der Waals surface area contributed by atoms with Gasteiger partial charge < -0.3 is 9.80 Å². The van der Waals surface area contributed by atoms with Crippen molar-refractivity contribution in [1.29, 1.82) is 0 Å². The molecule has 2 aromatic rings. The molecule has 4 rings (SSSR count). The minimum atomic E-state index is -0.152. The van der Waals surface area contributed by atoms with Crippen molar-refractivity contribution in [2.75, 3.05) is 20.1 Å². The molecule has 0 N–H and O–H groups in total. The Bertz CT molecular complexity index is 1060. The van der Waals surface area contributed by atoms with Crippen LogP contribution in [0.3, 0.4) is 0 Å². The van der Waals surface area contributed by atoms with Crippen molar-refractivity contribution in [1.82, 2.24) is 19.8 Å². The molecule has 1 saturated heterocycles. The third-order valence-electron chi connectivity index (χ3n) is 6.10. The molecule has 1 aromatic carbocycles. The van der Waals surface area contributed by atoms with E-state index >= 15 is 0 Å². The Hall–Kier alpha value is -3.28. The number of hydrogen-bond acceptors (Lipinski definition) is 5. The number of piperidine rings is 1. The van der Waals surface area contributed by atoms with E-state index in [-0.39, 0.29) is 11.7 Å². The molecule has 1 aromatic heterocycles. The fraction of sp³-hybridized carbons (Fsp3) is 0.320. The lowest BCUT2D eigenvalue weighted by atomic mass is 9.87. The van der Waals surface area contributed by atoms with E-state index in [0.29, 0.717) is 6.42 Å². The molecular formula is C25H28FN5. The van der Waals surface area contributed by atoms with Crippen molar-refractivity contribution >= 4 is 17.2 Å². The van der Waals surface area contributed by atoms with E-state index in [2.05, 4.69) is 28.0 Å². The molecule has 0 saturated carbocycles. The van der Waals surface area contributed by atoms with Gasteiger partial charge in [0.2, 0.25) is 5.96 Å². The predicted octanol–water partition coefficient (Wildman–Crippen LogP) is 4.76. The standard InChI is InChI=1S/C25H28FN5/c1-5-19-8-9-20(14-22(19)26)18(3)21-7-6-12-31(15-21)25-29-24(13-17(2)30(25)4)23-10-11-27-16-28-23/h8-11,13-14,16,21H,2-3,5-7,12,15H2,1,4H3. The Balaban J connectivity index is 1.57. The molecule has 0 bridgehead atoms. The number of halogens is 1. The fourth-order valence-electron chi connectivity index (χ4n) is 4.17. The van der Waals surface area contributed by atoms with Gasteiger partial charge in [0.1, 0.15) is 12.1 Å². The van der Waals surface area contributed by atoms with Crippen LogP contribution in [0.4, 0.5) is 4.39 Å². The van der Waals surface area contributed by atoms with E-state index in [1.807, 2.05) is 43.1 Å². The third-order valence-corrected chi connectivity index (χ3v) is 6.10. The summed E-state index contributed by atoms with van der Waals surface area (Å²) in [4.78, 5) is 17.5. The zero-order valence-electron chi connectivity index (χ0n) is 18.2. The first kappa shape index (κ1) is 21.0. The number of benzene rings is 1. The smallest absolute Gasteiger partial charge is 0.206 e. The molecule has 0 spiro atoms. The van der Waals surface area contributed by atoms with Crippen LogP contribution < -0.4 is 0 Å². The van der Waals surface area contributed by atoms with Crippen LogP contribution in [0.5, 0.6) is 0 Å². The maximum Gasteiger partial charge on any atom is 0.206 e. The van der Waals surface area contributed by atoms with Gasteiger partial charge in [-0.05, 0) is 54.2 Å². The number of guanidine groups is 1. The van der Waals surface area contributed by atoms with Crippen molar-refractivity contribution in [3.63, 3.8) is 0 Å². The molecule has 160 valence electrons. The van der Waals surface area contributed by atoms with Crippen molar-refractivity contribution in [3.05, 3.63) is 84.4 Å². The highest BCUT2D eigenvalue weighted by molar-refractivity contribution is 5.91. The van der Waals surface area contributed by atoms with Crippen LogP contribution in [0.15, 0.2) is 66.7 Å². The van der Waals surface area contributed by atoms with Crippen LogP contribution in [-0.2, 0) is 6.42 Å². The summed E-state index contributed by atoms with van der Waals surface area (Å²) in [5.41, 5.74) is 5.01. The van der Waals surface area contributed by atoms with Gasteiger partial charge >= 0.3 is 0 Å². The SMILES string of the molecule is C=C(c1ccc(CC)c(F)c1)C1CCCN(C2=NC(c3ccncn3)=CC(=C)N2C)C1. The summed E-state index contributed by atoms with van der Waals surface area (Å²) in [6.45, 7) is 12.2. The molecule has 3 heterocycles. The molecule has 0 amide bonds. The van der Waals surface area contributed by atoms with Crippen LogP contribution >= 0.6 is 0 Å². The number of aromatic nitrogens is 2. The Labute approximate surface area is 183 Å². The summed E-state index contributed by atoms with van der Waals surface area (Å²) in [7, 11) is 1.98. The molecule has 2 aliphatic rings. The predicted molar refractivity (Wildman–Crippen MR) is 123 cm³/mol. The normalized spacial score (nSPS) is 19.2. The summed E-state index contributed by atoms with van der Waals surface area (Å²) in [5, 5.41) is 0. The lowest BCUT2D eigenvalue weighted by Crippen LogP contribution is -2.47. The average molecular weight is 418 g/mol. The minimum Gasteiger partial charge on any atom is -0.342 e. The van der Waals surface area contributed by atoms with Gasteiger partial charge in [-0.2, -0.15) is 0 Å². The van der Waals surface area contributed by atoms with Crippen molar-refractivity contribution < 1.29 is 4.39 Å². The van der Waals surface area contributed by atoms with Crippen LogP contribution in [0.2, 0.25) is 0 Å². The number of aliphatic imine (C=N–C) groups is 1. The monoisotopic (exact) mass is 417 g/mol. The number of likely N-dealkylation sites (tertiary alicyclic amines) is 1. The molecule has 1 atom stereocenters. The highest BCUT2D eigenvalue weighted by atomic mass is 19.1. The van der Waals surface area contributed by atoms with E-state index in [9.17, 15) is 4.39 Å². The molecule has 1 unspecified atom stereocenters. The van der Waals surface area contributed by atoms with E-state index in [0.717, 1.165) is 65.7 Å². The van der Waals surface area contributed by atoms with Crippen LogP contribution in [0.1, 0.15) is 36.6 Å². The Kier molecular flexibility index (Phi) is 5.98. The highest BCUT2D eigenvalue weighted by Crippen LogP contribution is 2.32. The Morgan fingerprint density at radius 2 is 2.13 bits per heavy atom. The fourth-order valence-corrected chi connectivity index (χ4v) is 4.17. The third kappa shape index (κ3) is 4.29. The molecule has 0 aliphatic carbocycles. The number of aryl methyl sites for hydroxylation is 1. The topological polar surface area (TPSA) is 44.6 Å². The first-order valence-electron chi connectivity index (χ1n) is 10.7. The lowest BCUT2D eigenvalue weighted by molar-refractivity contribution is 0.275. The zero-order valence-corrected chi connectivity index (χ0v) is 18.2. The number of hydrogen-bond donors (Lipinski definition) is 0. The summed E-state index contributed by atoms with van der Waals surface area (Å²) in [6, 6.07) is 7.34. The van der Waals surface area contributed by atoms with Crippen molar-refractivity contribution in [3.8, 4) is 0 Å². The van der Waals surface area contributed by atoms with Crippen LogP contribution in [0.25, 0.3) is 11.3 Å². The van der Waals surface area contributed by atoms with Gasteiger partial charge in [-0.25, -0.2) is 19.4 Å². The molecule has 1 fully saturated rings. The molecule has 6 heteroatoms. The number of likely N-dealkylation sites (N-methyl/N-ethyl adjacent to an activating group) is 1. The molecule has 2 aliphatic heterocycles. The second-order valence-corrected chi connectivity index (χ2v) is 8.06. The average Bonchev–Trinajstić information content (AvgIpc) is 2.81. The first-order valence-corrected chi connectivity index (χ1v) is 10.7. The number of allylic oxidation sites excluding steroid dienone is 1. The van der Waals surface area contributed by atoms with Gasteiger partial charge in [-0.1, -0.05) is 32.2 Å². The van der Waals surface area contributed by atoms with Gasteiger partial charge in [0.15, 0.2) is 0 Å².